The van der Waals surface area contributed by atoms with E-state index < -0.39 is 0 Å². The highest BCUT2D eigenvalue weighted by molar-refractivity contribution is 6.30. The lowest BCUT2D eigenvalue weighted by molar-refractivity contribution is 0.102. The molecule has 2 aromatic carbocycles. The van der Waals surface area contributed by atoms with Crippen LogP contribution in [0.2, 0.25) is 5.02 Å². The lowest BCUT2D eigenvalue weighted by Crippen LogP contribution is -2.13. The number of methoxy groups -OCH3 is 2. The first-order chi connectivity index (χ1) is 13.5. The zero-order valence-electron chi connectivity index (χ0n) is 15.6. The lowest BCUT2D eigenvalue weighted by atomic mass is 10.2. The first kappa shape index (κ1) is 19.4. The third-order valence-electron chi connectivity index (χ3n) is 4.00. The van der Waals surface area contributed by atoms with E-state index in [0.717, 1.165) is 11.3 Å². The second-order valence-electron chi connectivity index (χ2n) is 5.90. The Hall–Kier alpha value is -3.32. The molecule has 1 heterocycles. The molecule has 2 N–H and O–H groups in total. The van der Waals surface area contributed by atoms with Crippen LogP contribution in [-0.4, -0.2) is 30.1 Å². The zero-order chi connectivity index (χ0) is 20.1. The van der Waals surface area contributed by atoms with Crippen LogP contribution in [0.25, 0.3) is 0 Å². The maximum atomic E-state index is 12.4. The summed E-state index contributed by atoms with van der Waals surface area (Å²) in [4.78, 5) is 20.8. The number of ether oxygens (including phenoxy) is 2. The predicted molar refractivity (Wildman–Crippen MR) is 109 cm³/mol. The summed E-state index contributed by atoms with van der Waals surface area (Å²) in [5, 5.41) is 6.48. The van der Waals surface area contributed by atoms with Crippen molar-refractivity contribution in [2.75, 3.05) is 24.9 Å². The fourth-order valence-electron chi connectivity index (χ4n) is 2.48. The lowest BCUT2D eigenvalue weighted by Gasteiger charge is -2.11. The van der Waals surface area contributed by atoms with E-state index in [9.17, 15) is 4.79 Å². The number of nitrogens with zero attached hydrogens (tertiary/aromatic N) is 2. The summed E-state index contributed by atoms with van der Waals surface area (Å²) in [7, 11) is 3.08. The van der Waals surface area contributed by atoms with Gasteiger partial charge in [-0.25, -0.2) is 9.97 Å². The normalized spacial score (nSPS) is 10.3. The minimum atomic E-state index is -0.335. The van der Waals surface area contributed by atoms with Gasteiger partial charge in [-0.05, 0) is 36.8 Å². The Balaban J connectivity index is 1.71. The predicted octanol–water partition coefficient (Wildman–Crippen LogP) is 4.45. The minimum absolute atomic E-state index is 0.322. The first-order valence-electron chi connectivity index (χ1n) is 8.38. The number of halogens is 1. The van der Waals surface area contributed by atoms with Gasteiger partial charge in [-0.1, -0.05) is 17.7 Å². The maximum absolute atomic E-state index is 12.4. The van der Waals surface area contributed by atoms with E-state index in [1.807, 2.05) is 19.1 Å². The Bertz CT molecular complexity index is 993. The fourth-order valence-corrected chi connectivity index (χ4v) is 2.65. The average Bonchev–Trinajstić information content (AvgIpc) is 2.71. The smallest absolute Gasteiger partial charge is 0.258 e. The SMILES string of the molecule is COc1ccc(NC(=O)c2cnc(Nc3cc(Cl)ccc3C)nc2)cc1OC. The summed E-state index contributed by atoms with van der Waals surface area (Å²) in [6.45, 7) is 1.95. The number of nitrogens with one attached hydrogen (secondary N) is 2. The highest BCUT2D eigenvalue weighted by Gasteiger charge is 2.11. The van der Waals surface area contributed by atoms with Crippen LogP contribution < -0.4 is 20.1 Å². The molecule has 28 heavy (non-hydrogen) atoms. The summed E-state index contributed by atoms with van der Waals surface area (Å²) in [6, 6.07) is 10.6. The third kappa shape index (κ3) is 4.50. The van der Waals surface area contributed by atoms with E-state index in [4.69, 9.17) is 21.1 Å². The molecule has 1 aromatic heterocycles. The second kappa shape index (κ2) is 8.58. The Morgan fingerprint density at radius 1 is 1.00 bits per heavy atom. The standard InChI is InChI=1S/C20H19ClN4O3/c1-12-4-5-14(21)8-16(12)25-20-22-10-13(11-23-20)19(26)24-15-6-7-17(27-2)18(9-15)28-3/h4-11H,1-3H3,(H,24,26)(H,22,23,25). The van der Waals surface area contributed by atoms with Crippen molar-refractivity contribution in [1.29, 1.82) is 0 Å². The number of benzene rings is 2. The summed E-state index contributed by atoms with van der Waals surface area (Å²) >= 11 is 6.02. The molecule has 0 radical (unpaired) electrons. The van der Waals surface area contributed by atoms with Crippen molar-refractivity contribution in [3.8, 4) is 11.5 Å². The molecular formula is C20H19ClN4O3. The molecule has 0 atom stereocenters. The first-order valence-corrected chi connectivity index (χ1v) is 8.76. The van der Waals surface area contributed by atoms with Gasteiger partial charge < -0.3 is 20.1 Å². The van der Waals surface area contributed by atoms with Crippen LogP contribution in [0.15, 0.2) is 48.8 Å². The molecule has 7 nitrogen and oxygen atoms in total. The molecule has 3 rings (SSSR count). The number of hydrogen-bond donors (Lipinski definition) is 2. The third-order valence-corrected chi connectivity index (χ3v) is 4.24. The van der Waals surface area contributed by atoms with Crippen molar-refractivity contribution in [1.82, 2.24) is 9.97 Å². The average molecular weight is 399 g/mol. The molecule has 0 bridgehead atoms. The van der Waals surface area contributed by atoms with Crippen LogP contribution >= 0.6 is 11.6 Å². The highest BCUT2D eigenvalue weighted by Crippen LogP contribution is 2.30. The highest BCUT2D eigenvalue weighted by atomic mass is 35.5. The molecule has 0 aliphatic carbocycles. The molecule has 8 heteroatoms. The van der Waals surface area contributed by atoms with Crippen LogP contribution in [0.3, 0.4) is 0 Å². The zero-order valence-corrected chi connectivity index (χ0v) is 16.4. The van der Waals surface area contributed by atoms with Crippen molar-refractivity contribution in [3.05, 3.63) is 64.9 Å². The van der Waals surface area contributed by atoms with Crippen LogP contribution in [0.5, 0.6) is 11.5 Å². The molecule has 0 saturated heterocycles. The van der Waals surface area contributed by atoms with Crippen LogP contribution in [0.1, 0.15) is 15.9 Å². The van der Waals surface area contributed by atoms with E-state index >= 15 is 0 Å². The summed E-state index contributed by atoms with van der Waals surface area (Å²) in [5.74, 6) is 1.13. The number of hydrogen-bond acceptors (Lipinski definition) is 6. The van der Waals surface area contributed by atoms with Gasteiger partial charge in [0.25, 0.3) is 5.91 Å². The van der Waals surface area contributed by atoms with Gasteiger partial charge in [-0.15, -0.1) is 0 Å². The van der Waals surface area contributed by atoms with Gasteiger partial charge in [0, 0.05) is 34.9 Å². The van der Waals surface area contributed by atoms with Crippen molar-refractivity contribution in [2.45, 2.75) is 6.92 Å². The van der Waals surface area contributed by atoms with Gasteiger partial charge >= 0.3 is 0 Å². The fraction of sp³-hybridized carbons (Fsp3) is 0.150. The van der Waals surface area contributed by atoms with Gasteiger partial charge in [0.1, 0.15) is 0 Å². The molecule has 0 aliphatic heterocycles. The van der Waals surface area contributed by atoms with Crippen molar-refractivity contribution in [3.63, 3.8) is 0 Å². The van der Waals surface area contributed by atoms with Gasteiger partial charge in [-0.2, -0.15) is 0 Å². The maximum Gasteiger partial charge on any atom is 0.258 e. The van der Waals surface area contributed by atoms with E-state index in [0.29, 0.717) is 33.7 Å². The van der Waals surface area contributed by atoms with Gasteiger partial charge in [0.15, 0.2) is 11.5 Å². The Labute approximate surface area is 167 Å². The molecule has 144 valence electrons. The van der Waals surface area contributed by atoms with Crippen molar-refractivity contribution in [2.24, 2.45) is 0 Å². The molecule has 3 aromatic rings. The Morgan fingerprint density at radius 2 is 1.71 bits per heavy atom. The molecule has 0 fully saturated rings. The number of anilines is 3. The number of aryl methyl sites for hydroxylation is 1. The quantitative estimate of drug-likeness (QED) is 0.638. The van der Waals surface area contributed by atoms with Crippen LogP contribution in [0.4, 0.5) is 17.3 Å². The topological polar surface area (TPSA) is 85.4 Å². The second-order valence-corrected chi connectivity index (χ2v) is 6.34. The van der Waals surface area contributed by atoms with Crippen molar-refractivity contribution >= 4 is 34.8 Å². The summed E-state index contributed by atoms with van der Waals surface area (Å²) < 4.78 is 10.4. The molecule has 0 spiro atoms. The number of rotatable bonds is 6. The van der Waals surface area contributed by atoms with E-state index in [1.54, 1.807) is 31.4 Å². The Kier molecular flexibility index (Phi) is 5.96. The van der Waals surface area contributed by atoms with Crippen LogP contribution in [-0.2, 0) is 0 Å². The molecule has 0 saturated carbocycles. The van der Waals surface area contributed by atoms with E-state index in [1.165, 1.54) is 19.5 Å². The van der Waals surface area contributed by atoms with Crippen molar-refractivity contribution < 1.29 is 14.3 Å². The van der Waals surface area contributed by atoms with Gasteiger partial charge in [-0.3, -0.25) is 4.79 Å². The summed E-state index contributed by atoms with van der Waals surface area (Å²) in [5.41, 5.74) is 2.70. The van der Waals surface area contributed by atoms with Gasteiger partial charge in [0.2, 0.25) is 5.95 Å². The number of aromatic nitrogens is 2. The van der Waals surface area contributed by atoms with Crippen LogP contribution in [0, 0.1) is 6.92 Å². The Morgan fingerprint density at radius 3 is 2.39 bits per heavy atom. The molecular weight excluding hydrogens is 380 g/mol. The van der Waals surface area contributed by atoms with E-state index in [-0.39, 0.29) is 5.91 Å². The van der Waals surface area contributed by atoms with Gasteiger partial charge in [0.05, 0.1) is 19.8 Å². The minimum Gasteiger partial charge on any atom is -0.493 e. The molecule has 0 aliphatic rings. The van der Waals surface area contributed by atoms with E-state index in [2.05, 4.69) is 20.6 Å². The largest absolute Gasteiger partial charge is 0.493 e. The molecule has 1 amide bonds. The number of carbonyl (C=O) groups is 1. The summed E-state index contributed by atoms with van der Waals surface area (Å²) in [6.07, 6.45) is 2.90. The molecule has 0 unspecified atom stereocenters. The number of amides is 1. The number of carbonyl (C=O) groups excluding carboxylic acids is 1. The monoisotopic (exact) mass is 398 g/mol.